The molecule has 1 aliphatic heterocycles. The smallest absolute Gasteiger partial charge is 0.339 e. The molecule has 0 unspecified atom stereocenters. The van der Waals surface area contributed by atoms with Gasteiger partial charge >= 0.3 is 5.97 Å². The normalized spacial score (nSPS) is 21.2. The van der Waals surface area contributed by atoms with Gasteiger partial charge in [0, 0.05) is 32.0 Å². The number of benzene rings is 2. The number of ether oxygens (including phenoxy) is 1. The minimum absolute atomic E-state index is 0.191. The minimum Gasteiger partial charge on any atom is -0.465 e. The van der Waals surface area contributed by atoms with E-state index in [0.29, 0.717) is 28.5 Å². The molecule has 1 heterocycles. The van der Waals surface area contributed by atoms with Crippen LogP contribution in [0.15, 0.2) is 48.5 Å². The summed E-state index contributed by atoms with van der Waals surface area (Å²) in [5.41, 5.74) is 2.83. The molecule has 2 aromatic carbocycles. The number of nitrogens with zero attached hydrogens (tertiary/aromatic N) is 2. The number of halogens is 1. The van der Waals surface area contributed by atoms with E-state index in [1.54, 1.807) is 13.0 Å². The van der Waals surface area contributed by atoms with Gasteiger partial charge in [0.1, 0.15) is 0 Å². The van der Waals surface area contributed by atoms with Crippen LogP contribution in [0.1, 0.15) is 53.6 Å². The van der Waals surface area contributed by atoms with E-state index in [0.717, 1.165) is 51.0 Å². The van der Waals surface area contributed by atoms with Crippen molar-refractivity contribution in [3.63, 3.8) is 0 Å². The molecule has 1 saturated carbocycles. The molecule has 2 atom stereocenters. The van der Waals surface area contributed by atoms with E-state index in [-0.39, 0.29) is 5.91 Å². The Balaban J connectivity index is 1.28. The molecule has 0 aromatic heterocycles. The van der Waals surface area contributed by atoms with Gasteiger partial charge in [-0.05, 0) is 61.5 Å². The highest BCUT2D eigenvalue weighted by Gasteiger charge is 2.44. The number of carbonyl (C=O) groups is 2. The van der Waals surface area contributed by atoms with Crippen molar-refractivity contribution in [3.05, 3.63) is 70.2 Å². The van der Waals surface area contributed by atoms with Crippen molar-refractivity contribution in [1.29, 1.82) is 0 Å². The highest BCUT2D eigenvalue weighted by atomic mass is 35.5. The van der Waals surface area contributed by atoms with Gasteiger partial charge in [0.25, 0.3) is 0 Å². The van der Waals surface area contributed by atoms with E-state index in [1.807, 2.05) is 18.2 Å². The fourth-order valence-corrected chi connectivity index (χ4v) is 5.16. The first-order valence-electron chi connectivity index (χ1n) is 11.4. The van der Waals surface area contributed by atoms with Gasteiger partial charge in [-0.3, -0.25) is 9.69 Å². The van der Waals surface area contributed by atoms with Crippen LogP contribution in [0.3, 0.4) is 0 Å². The Kier molecular flexibility index (Phi) is 7.17. The van der Waals surface area contributed by atoms with Crippen LogP contribution in [0.25, 0.3) is 0 Å². The summed E-state index contributed by atoms with van der Waals surface area (Å²) in [5.74, 6) is 0.800. The monoisotopic (exact) mass is 454 g/mol. The average Bonchev–Trinajstić information content (AvgIpc) is 3.59. The summed E-state index contributed by atoms with van der Waals surface area (Å²) in [6, 6.07) is 16.4. The number of rotatable bonds is 7. The van der Waals surface area contributed by atoms with E-state index in [9.17, 15) is 9.59 Å². The second kappa shape index (κ2) is 10.1. The van der Waals surface area contributed by atoms with E-state index in [1.165, 1.54) is 12.7 Å². The second-order valence-electron chi connectivity index (χ2n) is 9.02. The van der Waals surface area contributed by atoms with Crippen LogP contribution in [-0.4, -0.2) is 54.5 Å². The number of hydrogen-bond acceptors (Lipinski definition) is 4. The fourth-order valence-electron chi connectivity index (χ4n) is 4.88. The van der Waals surface area contributed by atoms with Crippen LogP contribution in [0.2, 0.25) is 5.02 Å². The Bertz CT molecular complexity index is 957. The van der Waals surface area contributed by atoms with Gasteiger partial charge in [-0.15, -0.1) is 0 Å². The lowest BCUT2D eigenvalue weighted by atomic mass is 9.95. The number of carbonyl (C=O) groups excluding carboxylic acids is 2. The van der Waals surface area contributed by atoms with Crippen molar-refractivity contribution in [2.24, 2.45) is 5.92 Å². The summed E-state index contributed by atoms with van der Waals surface area (Å²) in [6.45, 7) is 5.37. The van der Waals surface area contributed by atoms with Gasteiger partial charge in [0.05, 0.1) is 17.7 Å². The maximum absolute atomic E-state index is 12.4. The van der Waals surface area contributed by atoms with Crippen LogP contribution in [0, 0.1) is 5.92 Å². The van der Waals surface area contributed by atoms with E-state index >= 15 is 0 Å². The van der Waals surface area contributed by atoms with Gasteiger partial charge in [-0.25, -0.2) is 4.79 Å². The first-order valence-corrected chi connectivity index (χ1v) is 11.7. The maximum Gasteiger partial charge on any atom is 0.339 e. The molecule has 6 heteroatoms. The first-order chi connectivity index (χ1) is 15.5. The van der Waals surface area contributed by atoms with Gasteiger partial charge in [-0.2, -0.15) is 0 Å². The molecule has 32 heavy (non-hydrogen) atoms. The molecule has 1 saturated heterocycles. The Morgan fingerprint density at radius 2 is 1.84 bits per heavy atom. The first kappa shape index (κ1) is 22.8. The third-order valence-electron chi connectivity index (χ3n) is 6.80. The Labute approximate surface area is 195 Å². The van der Waals surface area contributed by atoms with Crippen LogP contribution in [0.5, 0.6) is 0 Å². The van der Waals surface area contributed by atoms with Gasteiger partial charge in [0.2, 0.25) is 5.91 Å². The summed E-state index contributed by atoms with van der Waals surface area (Å²) in [4.78, 5) is 28.6. The Morgan fingerprint density at radius 3 is 2.47 bits per heavy atom. The number of esters is 1. The van der Waals surface area contributed by atoms with Crippen molar-refractivity contribution in [1.82, 2.24) is 9.80 Å². The number of likely N-dealkylation sites (tertiary alicyclic amines) is 1. The van der Waals surface area contributed by atoms with Crippen molar-refractivity contribution >= 4 is 23.5 Å². The van der Waals surface area contributed by atoms with Crippen LogP contribution in [0.4, 0.5) is 0 Å². The van der Waals surface area contributed by atoms with Crippen LogP contribution < -0.4 is 0 Å². The van der Waals surface area contributed by atoms with Crippen molar-refractivity contribution in [2.75, 3.05) is 26.7 Å². The van der Waals surface area contributed by atoms with E-state index in [2.05, 4.69) is 34.1 Å². The SMILES string of the molecule is COC(=O)c1ccc(CN2CCC(CN(C(C)=O)[C@@H]3C[C@H]3c3ccccc3)CC2)cc1Cl. The Morgan fingerprint density at radius 1 is 1.12 bits per heavy atom. The molecular formula is C26H31ClN2O3. The molecule has 5 nitrogen and oxygen atoms in total. The van der Waals surface area contributed by atoms with Crippen molar-refractivity contribution in [2.45, 2.75) is 44.7 Å². The highest BCUT2D eigenvalue weighted by molar-refractivity contribution is 6.33. The van der Waals surface area contributed by atoms with E-state index in [4.69, 9.17) is 16.3 Å². The maximum atomic E-state index is 12.4. The summed E-state index contributed by atoms with van der Waals surface area (Å²) >= 11 is 6.27. The fraction of sp³-hybridized carbons (Fsp3) is 0.462. The molecule has 4 rings (SSSR count). The average molecular weight is 455 g/mol. The topological polar surface area (TPSA) is 49.9 Å². The number of methoxy groups -OCH3 is 1. The molecule has 0 N–H and O–H groups in total. The molecule has 2 aromatic rings. The molecule has 1 aliphatic carbocycles. The zero-order valence-corrected chi connectivity index (χ0v) is 19.6. The largest absolute Gasteiger partial charge is 0.465 e. The van der Waals surface area contributed by atoms with Crippen molar-refractivity contribution < 1.29 is 14.3 Å². The van der Waals surface area contributed by atoms with Gasteiger partial charge in [-0.1, -0.05) is 48.0 Å². The summed E-state index contributed by atoms with van der Waals surface area (Å²) < 4.78 is 4.76. The minimum atomic E-state index is -0.414. The molecule has 2 fully saturated rings. The lowest BCUT2D eigenvalue weighted by molar-refractivity contribution is -0.130. The number of hydrogen-bond donors (Lipinski definition) is 0. The zero-order chi connectivity index (χ0) is 22.7. The van der Waals surface area contributed by atoms with Gasteiger partial charge < -0.3 is 9.64 Å². The molecule has 2 aliphatic rings. The lowest BCUT2D eigenvalue weighted by Gasteiger charge is -2.35. The molecular weight excluding hydrogens is 424 g/mol. The predicted octanol–water partition coefficient (Wildman–Crippen LogP) is 4.74. The Hall–Kier alpha value is -2.37. The van der Waals surface area contributed by atoms with Crippen LogP contribution >= 0.6 is 11.6 Å². The number of amides is 1. The molecule has 170 valence electrons. The standard InChI is InChI=1S/C26H31ClN2O3/c1-18(30)29(25-15-23(25)21-6-4-3-5-7-21)17-19-10-12-28(13-11-19)16-20-8-9-22(24(27)14-20)26(31)32-2/h3-9,14,19,23,25H,10-13,15-17H2,1-2H3/t23-,25+/m0/s1. The van der Waals surface area contributed by atoms with Crippen LogP contribution in [-0.2, 0) is 16.1 Å². The zero-order valence-electron chi connectivity index (χ0n) is 18.8. The quantitative estimate of drug-likeness (QED) is 0.567. The third-order valence-corrected chi connectivity index (χ3v) is 7.11. The summed E-state index contributed by atoms with van der Waals surface area (Å²) in [6.07, 6.45) is 3.24. The predicted molar refractivity (Wildman–Crippen MR) is 126 cm³/mol. The molecule has 0 radical (unpaired) electrons. The summed E-state index contributed by atoms with van der Waals surface area (Å²) in [5, 5.41) is 0.429. The second-order valence-corrected chi connectivity index (χ2v) is 9.42. The number of piperidine rings is 1. The van der Waals surface area contributed by atoms with Crippen molar-refractivity contribution in [3.8, 4) is 0 Å². The lowest BCUT2D eigenvalue weighted by Crippen LogP contribution is -2.41. The van der Waals surface area contributed by atoms with E-state index < -0.39 is 5.97 Å². The third kappa shape index (κ3) is 5.33. The molecule has 0 bridgehead atoms. The summed E-state index contributed by atoms with van der Waals surface area (Å²) in [7, 11) is 1.36. The van der Waals surface area contributed by atoms with Gasteiger partial charge in [0.15, 0.2) is 0 Å². The molecule has 1 amide bonds. The highest BCUT2D eigenvalue weighted by Crippen LogP contribution is 2.45. The molecule has 0 spiro atoms.